The third kappa shape index (κ3) is 3.25. The molecule has 0 radical (unpaired) electrons. The third-order valence-electron chi connectivity index (χ3n) is 1.59. The molecule has 0 amide bonds. The number of benzene rings is 1. The van der Waals surface area contributed by atoms with E-state index in [1.807, 2.05) is 51.1 Å². The number of halogens is 1. The second-order valence-electron chi connectivity index (χ2n) is 3.93. The first-order chi connectivity index (χ1) is 6.00. The Morgan fingerprint density at radius 2 is 1.69 bits per heavy atom. The molecule has 1 N–H and O–H groups in total. The van der Waals surface area contributed by atoms with Crippen LogP contribution in [0.25, 0.3) is 0 Å². The van der Waals surface area contributed by atoms with Gasteiger partial charge in [0.15, 0.2) is 0 Å². The molecule has 2 nitrogen and oxygen atoms in total. The molecule has 1 aromatic rings. The Morgan fingerprint density at radius 3 is 2.15 bits per heavy atom. The molecule has 0 aliphatic heterocycles. The monoisotopic (exact) mass is 198 g/mol. The maximum atomic E-state index is 6.01. The van der Waals surface area contributed by atoms with Gasteiger partial charge in [0, 0.05) is 17.3 Å². The second-order valence-corrected chi connectivity index (χ2v) is 4.27. The maximum Gasteiger partial charge on any atom is 0.0502 e. The standard InChI is InChI=1S/C10H15ClN2/c1-10(2,3)13(11)12-9-7-5-4-6-8-9/h4-8,12H,1-3H3. The van der Waals surface area contributed by atoms with Gasteiger partial charge in [-0.1, -0.05) is 18.2 Å². The summed E-state index contributed by atoms with van der Waals surface area (Å²) in [5, 5.41) is 0. The van der Waals surface area contributed by atoms with Crippen molar-refractivity contribution in [2.24, 2.45) is 0 Å². The fourth-order valence-electron chi connectivity index (χ4n) is 0.794. The van der Waals surface area contributed by atoms with Crippen LogP contribution in [0.1, 0.15) is 20.8 Å². The lowest BCUT2D eigenvalue weighted by Crippen LogP contribution is -2.37. The molecule has 1 rings (SSSR count). The summed E-state index contributed by atoms with van der Waals surface area (Å²) in [5.74, 6) is 0. The zero-order valence-electron chi connectivity index (χ0n) is 8.21. The van der Waals surface area contributed by atoms with Crippen molar-refractivity contribution in [2.45, 2.75) is 26.3 Å². The van der Waals surface area contributed by atoms with E-state index >= 15 is 0 Å². The summed E-state index contributed by atoms with van der Waals surface area (Å²) in [5.41, 5.74) is 3.97. The Bertz CT molecular complexity index is 253. The van der Waals surface area contributed by atoms with E-state index in [2.05, 4.69) is 5.43 Å². The van der Waals surface area contributed by atoms with Crippen LogP contribution in [0.4, 0.5) is 5.69 Å². The van der Waals surface area contributed by atoms with Gasteiger partial charge in [-0.2, -0.15) is 0 Å². The van der Waals surface area contributed by atoms with Crippen molar-refractivity contribution in [3.8, 4) is 0 Å². The largest absolute Gasteiger partial charge is 0.305 e. The highest BCUT2D eigenvalue weighted by Crippen LogP contribution is 2.17. The maximum absolute atomic E-state index is 6.01. The molecule has 0 bridgehead atoms. The third-order valence-corrected chi connectivity index (χ3v) is 2.18. The first-order valence-electron chi connectivity index (χ1n) is 4.28. The van der Waals surface area contributed by atoms with Crippen LogP contribution < -0.4 is 5.43 Å². The number of hydrogen-bond acceptors (Lipinski definition) is 2. The highest BCUT2D eigenvalue weighted by atomic mass is 35.5. The first-order valence-corrected chi connectivity index (χ1v) is 4.61. The van der Waals surface area contributed by atoms with Crippen LogP contribution in [-0.2, 0) is 0 Å². The highest BCUT2D eigenvalue weighted by molar-refractivity contribution is 6.14. The van der Waals surface area contributed by atoms with E-state index < -0.39 is 0 Å². The van der Waals surface area contributed by atoms with Crippen LogP contribution in [0.2, 0.25) is 0 Å². The van der Waals surface area contributed by atoms with Gasteiger partial charge < -0.3 is 5.43 Å². The fraction of sp³-hybridized carbons (Fsp3) is 0.400. The fourth-order valence-corrected chi connectivity index (χ4v) is 0.891. The van der Waals surface area contributed by atoms with E-state index in [0.717, 1.165) is 5.69 Å². The zero-order chi connectivity index (χ0) is 9.90. The second kappa shape index (κ2) is 3.99. The number of hydrogen-bond donors (Lipinski definition) is 1. The summed E-state index contributed by atoms with van der Waals surface area (Å²) < 4.78 is 1.57. The van der Waals surface area contributed by atoms with Crippen LogP contribution in [0.5, 0.6) is 0 Å². The van der Waals surface area contributed by atoms with Gasteiger partial charge in [0.1, 0.15) is 0 Å². The molecule has 13 heavy (non-hydrogen) atoms. The number of rotatable bonds is 2. The van der Waals surface area contributed by atoms with Gasteiger partial charge in [-0.05, 0) is 32.9 Å². The molecule has 1 aromatic carbocycles. The Hall–Kier alpha value is -0.730. The molecule has 0 aliphatic rings. The SMILES string of the molecule is CC(C)(C)N(Cl)Nc1ccccc1. The number of nitrogens with one attached hydrogen (secondary N) is 1. The molecule has 0 spiro atoms. The predicted octanol–water partition coefficient (Wildman–Crippen LogP) is 3.27. The quantitative estimate of drug-likeness (QED) is 0.580. The summed E-state index contributed by atoms with van der Waals surface area (Å²) in [7, 11) is 0. The smallest absolute Gasteiger partial charge is 0.0502 e. The summed E-state index contributed by atoms with van der Waals surface area (Å²) in [6.07, 6.45) is 0. The molecular formula is C10H15ClN2. The summed E-state index contributed by atoms with van der Waals surface area (Å²) in [6.45, 7) is 6.11. The molecule has 0 fully saturated rings. The van der Waals surface area contributed by atoms with Crippen LogP contribution in [0.15, 0.2) is 30.3 Å². The zero-order valence-corrected chi connectivity index (χ0v) is 8.97. The van der Waals surface area contributed by atoms with Crippen LogP contribution >= 0.6 is 11.8 Å². The molecule has 72 valence electrons. The number of hydrazine groups is 1. The lowest BCUT2D eigenvalue weighted by Gasteiger charge is -2.29. The lowest BCUT2D eigenvalue weighted by molar-refractivity contribution is 0.304. The minimum atomic E-state index is -0.0998. The van der Waals surface area contributed by atoms with Gasteiger partial charge >= 0.3 is 0 Å². The topological polar surface area (TPSA) is 15.3 Å². The molecule has 0 aromatic heterocycles. The molecular weight excluding hydrogens is 184 g/mol. The predicted molar refractivity (Wildman–Crippen MR) is 57.5 cm³/mol. The van der Waals surface area contributed by atoms with Crippen molar-refractivity contribution in [3.63, 3.8) is 0 Å². The van der Waals surface area contributed by atoms with Gasteiger partial charge in [0.25, 0.3) is 0 Å². The van der Waals surface area contributed by atoms with Crippen molar-refractivity contribution in [1.29, 1.82) is 0 Å². The average Bonchev–Trinajstić information content (AvgIpc) is 2.04. The Kier molecular flexibility index (Phi) is 3.17. The molecule has 0 unspecified atom stereocenters. The molecule has 0 saturated heterocycles. The van der Waals surface area contributed by atoms with E-state index in [0.29, 0.717) is 0 Å². The van der Waals surface area contributed by atoms with Crippen LogP contribution in [-0.4, -0.2) is 10.1 Å². The van der Waals surface area contributed by atoms with Crippen LogP contribution in [0, 0.1) is 0 Å². The summed E-state index contributed by atoms with van der Waals surface area (Å²) in [6, 6.07) is 9.86. The molecule has 3 heteroatoms. The number of para-hydroxylation sites is 1. The van der Waals surface area contributed by atoms with Gasteiger partial charge in [-0.25, -0.2) is 0 Å². The van der Waals surface area contributed by atoms with E-state index in [4.69, 9.17) is 11.8 Å². The van der Waals surface area contributed by atoms with E-state index in [9.17, 15) is 0 Å². The lowest BCUT2D eigenvalue weighted by atomic mass is 10.1. The molecule has 0 atom stereocenters. The van der Waals surface area contributed by atoms with E-state index in [-0.39, 0.29) is 5.54 Å². The Balaban J connectivity index is 2.61. The highest BCUT2D eigenvalue weighted by Gasteiger charge is 2.18. The Labute approximate surface area is 84.6 Å². The minimum Gasteiger partial charge on any atom is -0.305 e. The van der Waals surface area contributed by atoms with Crippen molar-refractivity contribution in [3.05, 3.63) is 30.3 Å². The van der Waals surface area contributed by atoms with E-state index in [1.54, 1.807) is 4.53 Å². The minimum absolute atomic E-state index is 0.0998. The van der Waals surface area contributed by atoms with Crippen molar-refractivity contribution in [2.75, 3.05) is 5.43 Å². The number of anilines is 1. The summed E-state index contributed by atoms with van der Waals surface area (Å²) >= 11 is 6.01. The van der Waals surface area contributed by atoms with Crippen molar-refractivity contribution >= 4 is 17.5 Å². The van der Waals surface area contributed by atoms with Crippen molar-refractivity contribution < 1.29 is 0 Å². The van der Waals surface area contributed by atoms with Gasteiger partial charge in [-0.15, -0.1) is 4.53 Å². The average molecular weight is 199 g/mol. The van der Waals surface area contributed by atoms with Crippen molar-refractivity contribution in [1.82, 2.24) is 4.53 Å². The van der Waals surface area contributed by atoms with E-state index in [1.165, 1.54) is 0 Å². The van der Waals surface area contributed by atoms with Crippen LogP contribution in [0.3, 0.4) is 0 Å². The van der Waals surface area contributed by atoms with Gasteiger partial charge in [0.2, 0.25) is 0 Å². The normalized spacial score (nSPS) is 11.8. The molecule has 0 heterocycles. The molecule has 0 saturated carbocycles. The molecule has 0 aliphatic carbocycles. The first kappa shape index (κ1) is 10.4. The van der Waals surface area contributed by atoms with Gasteiger partial charge in [-0.3, -0.25) is 0 Å². The number of nitrogens with zero attached hydrogens (tertiary/aromatic N) is 1. The Morgan fingerprint density at radius 1 is 1.15 bits per heavy atom. The van der Waals surface area contributed by atoms with Gasteiger partial charge in [0.05, 0.1) is 5.69 Å². The summed E-state index contributed by atoms with van der Waals surface area (Å²) in [4.78, 5) is 0.